The fourth-order valence-electron chi connectivity index (χ4n) is 3.63. The first-order valence-corrected chi connectivity index (χ1v) is 11.4. The molecular formula is C19H22F2N6O3S. The number of halogens is 2. The van der Waals surface area contributed by atoms with E-state index < -0.39 is 27.8 Å². The summed E-state index contributed by atoms with van der Waals surface area (Å²) in [6, 6.07) is 3.69. The van der Waals surface area contributed by atoms with Gasteiger partial charge in [-0.25, -0.2) is 27.2 Å². The van der Waals surface area contributed by atoms with E-state index >= 15 is 0 Å². The molecule has 2 aliphatic heterocycles. The second-order valence-electron chi connectivity index (χ2n) is 7.66. The van der Waals surface area contributed by atoms with E-state index in [9.17, 15) is 17.2 Å². The maximum atomic E-state index is 12.4. The van der Waals surface area contributed by atoms with Gasteiger partial charge >= 0.3 is 0 Å². The van der Waals surface area contributed by atoms with E-state index in [0.29, 0.717) is 44.3 Å². The number of ether oxygens (including phenoxy) is 1. The van der Waals surface area contributed by atoms with Crippen LogP contribution in [0.15, 0.2) is 30.6 Å². The fraction of sp³-hybridized carbons (Fsp3) is 0.421. The van der Waals surface area contributed by atoms with Crippen LogP contribution in [0.1, 0.15) is 5.82 Å². The van der Waals surface area contributed by atoms with Gasteiger partial charge in [-0.05, 0) is 24.3 Å². The summed E-state index contributed by atoms with van der Waals surface area (Å²) in [6.45, 7) is 2.28. The zero-order valence-electron chi connectivity index (χ0n) is 16.8. The third kappa shape index (κ3) is 4.65. The predicted octanol–water partition coefficient (Wildman–Crippen LogP) is 1.62. The van der Waals surface area contributed by atoms with Gasteiger partial charge in [0.15, 0.2) is 0 Å². The number of hydrogen-bond acceptors (Lipinski definition) is 7. The Hall–Kier alpha value is -2.70. The van der Waals surface area contributed by atoms with E-state index in [2.05, 4.69) is 19.9 Å². The van der Waals surface area contributed by atoms with Gasteiger partial charge in [0.05, 0.1) is 37.0 Å². The van der Waals surface area contributed by atoms with Crippen molar-refractivity contribution < 1.29 is 21.9 Å². The lowest BCUT2D eigenvalue weighted by atomic mass is 9.94. The predicted molar refractivity (Wildman–Crippen MR) is 112 cm³/mol. The van der Waals surface area contributed by atoms with Crippen LogP contribution >= 0.6 is 0 Å². The SMILES string of the molecule is CS(=O)(=O)N1CC2(CN(c3cc(-c4cnc(/C=C\C(=N)C(F)F)[nH]4)ccn3)CCO2)C1. The Morgan fingerprint density at radius 3 is 2.84 bits per heavy atom. The average molecular weight is 452 g/mol. The quantitative estimate of drug-likeness (QED) is 0.644. The molecule has 4 heterocycles. The van der Waals surface area contributed by atoms with Gasteiger partial charge in [0.1, 0.15) is 17.2 Å². The number of rotatable bonds is 6. The molecule has 2 aliphatic rings. The first-order chi connectivity index (χ1) is 14.7. The summed E-state index contributed by atoms with van der Waals surface area (Å²) in [7, 11) is -3.23. The van der Waals surface area contributed by atoms with E-state index in [1.807, 2.05) is 6.07 Å². The highest BCUT2D eigenvalue weighted by molar-refractivity contribution is 7.88. The highest BCUT2D eigenvalue weighted by atomic mass is 32.2. The number of allylic oxidation sites excluding steroid dienone is 1. The molecule has 2 N–H and O–H groups in total. The van der Waals surface area contributed by atoms with E-state index in [1.54, 1.807) is 18.5 Å². The van der Waals surface area contributed by atoms with Crippen molar-refractivity contribution in [2.45, 2.75) is 12.0 Å². The molecule has 31 heavy (non-hydrogen) atoms. The van der Waals surface area contributed by atoms with Gasteiger partial charge < -0.3 is 14.6 Å². The van der Waals surface area contributed by atoms with Crippen LogP contribution in [0.2, 0.25) is 0 Å². The minimum Gasteiger partial charge on any atom is -0.369 e. The van der Waals surface area contributed by atoms with Crippen molar-refractivity contribution in [1.29, 1.82) is 5.41 Å². The number of nitrogens with zero attached hydrogens (tertiary/aromatic N) is 4. The molecule has 0 aromatic carbocycles. The molecule has 166 valence electrons. The number of alkyl halides is 2. The summed E-state index contributed by atoms with van der Waals surface area (Å²) < 4.78 is 55.5. The highest BCUT2D eigenvalue weighted by Crippen LogP contribution is 2.33. The molecule has 0 unspecified atom stereocenters. The molecule has 0 atom stereocenters. The van der Waals surface area contributed by atoms with Crippen LogP contribution in [-0.2, 0) is 14.8 Å². The van der Waals surface area contributed by atoms with E-state index in [0.717, 1.165) is 17.5 Å². The molecule has 0 bridgehead atoms. The first-order valence-electron chi connectivity index (χ1n) is 9.55. The second-order valence-corrected chi connectivity index (χ2v) is 9.64. The Balaban J connectivity index is 1.47. The van der Waals surface area contributed by atoms with Crippen LogP contribution in [0.25, 0.3) is 17.3 Å². The van der Waals surface area contributed by atoms with Crippen LogP contribution < -0.4 is 4.90 Å². The first kappa shape index (κ1) is 21.5. The Kier molecular flexibility index (Phi) is 5.62. The van der Waals surface area contributed by atoms with Gasteiger partial charge in [-0.2, -0.15) is 4.31 Å². The Bertz CT molecular complexity index is 1110. The third-order valence-corrected chi connectivity index (χ3v) is 6.47. The standard InChI is InChI=1S/C19H22F2N6O3S/c1-31(28,29)27-11-19(12-27)10-26(6-7-30-19)17-8-13(4-5-23-17)15-9-24-16(25-15)3-2-14(22)18(20)21/h2-5,8-9,18,22H,6-7,10-12H2,1H3,(H,24,25)/b3-2-,22-14?. The molecular weight excluding hydrogens is 430 g/mol. The zero-order chi connectivity index (χ0) is 22.2. The number of sulfonamides is 1. The summed E-state index contributed by atoms with van der Waals surface area (Å²) in [6.07, 6.45) is 3.95. The van der Waals surface area contributed by atoms with Gasteiger partial charge in [-0.3, -0.25) is 5.41 Å². The van der Waals surface area contributed by atoms with Gasteiger partial charge in [0, 0.05) is 31.4 Å². The number of nitrogens with one attached hydrogen (secondary N) is 2. The lowest BCUT2D eigenvalue weighted by molar-refractivity contribution is -0.122. The summed E-state index contributed by atoms with van der Waals surface area (Å²) in [5.41, 5.74) is 0.186. The van der Waals surface area contributed by atoms with Crippen molar-refractivity contribution in [3.63, 3.8) is 0 Å². The van der Waals surface area contributed by atoms with Crippen molar-refractivity contribution >= 4 is 27.6 Å². The van der Waals surface area contributed by atoms with E-state index in [-0.39, 0.29) is 0 Å². The van der Waals surface area contributed by atoms with Crippen LogP contribution in [0, 0.1) is 5.41 Å². The summed E-state index contributed by atoms with van der Waals surface area (Å²) >= 11 is 0. The van der Waals surface area contributed by atoms with Crippen LogP contribution in [0.5, 0.6) is 0 Å². The van der Waals surface area contributed by atoms with Crippen molar-refractivity contribution in [3.05, 3.63) is 36.4 Å². The number of aromatic nitrogens is 3. The largest absolute Gasteiger partial charge is 0.369 e. The zero-order valence-corrected chi connectivity index (χ0v) is 17.6. The Morgan fingerprint density at radius 1 is 1.35 bits per heavy atom. The maximum Gasteiger partial charge on any atom is 0.279 e. The second kappa shape index (κ2) is 8.09. The number of imidazole rings is 1. The fourth-order valence-corrected chi connectivity index (χ4v) is 4.57. The Morgan fingerprint density at radius 2 is 2.13 bits per heavy atom. The molecule has 9 nitrogen and oxygen atoms in total. The van der Waals surface area contributed by atoms with Crippen LogP contribution in [0.3, 0.4) is 0 Å². The van der Waals surface area contributed by atoms with Gasteiger partial charge in [0.2, 0.25) is 10.0 Å². The number of pyridine rings is 1. The number of morpholine rings is 1. The topological polar surface area (TPSA) is 115 Å². The summed E-state index contributed by atoms with van der Waals surface area (Å²) in [5.74, 6) is 1.09. The molecule has 0 saturated carbocycles. The molecule has 0 aliphatic carbocycles. The maximum absolute atomic E-state index is 12.4. The monoisotopic (exact) mass is 452 g/mol. The van der Waals surface area contributed by atoms with Gasteiger partial charge in [0.25, 0.3) is 6.43 Å². The molecule has 12 heteroatoms. The number of hydrogen-bond donors (Lipinski definition) is 2. The molecule has 1 spiro atoms. The summed E-state index contributed by atoms with van der Waals surface area (Å²) in [4.78, 5) is 13.7. The molecule has 2 aromatic heterocycles. The smallest absolute Gasteiger partial charge is 0.279 e. The number of anilines is 1. The van der Waals surface area contributed by atoms with E-state index in [4.69, 9.17) is 10.1 Å². The normalized spacial score (nSPS) is 19.3. The molecule has 2 fully saturated rings. The molecule has 2 saturated heterocycles. The Labute approximate surface area is 178 Å². The lowest BCUT2D eigenvalue weighted by Crippen LogP contribution is -2.71. The molecule has 4 rings (SSSR count). The minimum atomic E-state index is -3.23. The molecule has 0 radical (unpaired) electrons. The minimum absolute atomic E-state index is 0.325. The number of H-pyrrole nitrogens is 1. The average Bonchev–Trinajstić information content (AvgIpc) is 3.18. The molecule has 2 aromatic rings. The van der Waals surface area contributed by atoms with Crippen LogP contribution in [0.4, 0.5) is 14.6 Å². The lowest BCUT2D eigenvalue weighted by Gasteiger charge is -2.52. The third-order valence-electron chi connectivity index (χ3n) is 5.28. The number of aromatic amines is 1. The van der Waals surface area contributed by atoms with Crippen molar-refractivity contribution in [1.82, 2.24) is 19.3 Å². The van der Waals surface area contributed by atoms with E-state index in [1.165, 1.54) is 16.6 Å². The van der Waals surface area contributed by atoms with Crippen molar-refractivity contribution in [2.24, 2.45) is 0 Å². The highest BCUT2D eigenvalue weighted by Gasteiger charge is 2.50. The van der Waals surface area contributed by atoms with Crippen LogP contribution in [-0.4, -0.2) is 84.5 Å². The van der Waals surface area contributed by atoms with Crippen molar-refractivity contribution in [3.8, 4) is 11.3 Å². The molecule has 0 amide bonds. The van der Waals surface area contributed by atoms with Crippen molar-refractivity contribution in [2.75, 3.05) is 43.9 Å². The van der Waals surface area contributed by atoms with Gasteiger partial charge in [-0.1, -0.05) is 0 Å². The van der Waals surface area contributed by atoms with Gasteiger partial charge in [-0.15, -0.1) is 0 Å². The summed E-state index contributed by atoms with van der Waals surface area (Å²) in [5, 5.41) is 7.17.